The van der Waals surface area contributed by atoms with E-state index in [-0.39, 0.29) is 0 Å². The average Bonchev–Trinajstić information content (AvgIpc) is 2.25. The van der Waals surface area contributed by atoms with Gasteiger partial charge in [0, 0.05) is 6.10 Å². The monoisotopic (exact) mass is 208 g/mol. The van der Waals surface area contributed by atoms with Gasteiger partial charge in [-0.1, -0.05) is 52.4 Å². The maximum atomic E-state index is 6.36. The van der Waals surface area contributed by atoms with Crippen molar-refractivity contribution in [3.63, 3.8) is 0 Å². The quantitative estimate of drug-likeness (QED) is 0.626. The average molecular weight is 208 g/mol. The molecule has 0 unspecified atom stereocenters. The van der Waals surface area contributed by atoms with Crippen LogP contribution < -0.4 is 0 Å². The number of fused-ring (bicyclic) bond motifs is 2. The summed E-state index contributed by atoms with van der Waals surface area (Å²) in [6.45, 7) is 5.14. The molecule has 0 N–H and O–H groups in total. The predicted octanol–water partition coefficient (Wildman–Crippen LogP) is 4.29. The number of hydrogen-bond donors (Lipinski definition) is 0. The van der Waals surface area contributed by atoms with E-state index in [9.17, 15) is 0 Å². The predicted molar refractivity (Wildman–Crippen MR) is 66.4 cm³/mol. The third-order valence-corrected chi connectivity index (χ3v) is 4.49. The van der Waals surface area contributed by atoms with E-state index in [1.54, 1.807) is 0 Å². The molecule has 2 heteroatoms. The molecule has 2 bridgehead atoms. The number of hydrogen-bond acceptors (Lipinski definition) is 1. The molecular weight excluding hydrogens is 183 g/mol. The van der Waals surface area contributed by atoms with Crippen LogP contribution >= 0.6 is 0 Å². The molecule has 2 aliphatic heterocycles. The molecule has 2 saturated heterocycles. The van der Waals surface area contributed by atoms with Crippen molar-refractivity contribution >= 4 is 6.92 Å². The molecule has 0 aromatic rings. The van der Waals surface area contributed by atoms with Crippen molar-refractivity contribution in [3.8, 4) is 0 Å². The van der Waals surface area contributed by atoms with Gasteiger partial charge in [0.1, 0.15) is 0 Å². The van der Waals surface area contributed by atoms with Gasteiger partial charge in [-0.25, -0.2) is 0 Å². The van der Waals surface area contributed by atoms with Gasteiger partial charge in [-0.2, -0.15) is 0 Å². The minimum atomic E-state index is 0.524. The Morgan fingerprint density at radius 3 is 1.87 bits per heavy atom. The van der Waals surface area contributed by atoms with Gasteiger partial charge in [-0.15, -0.1) is 0 Å². The SMILES string of the molecule is CCC(CC)OB1C2CCCC1CCC2. The van der Waals surface area contributed by atoms with Crippen LogP contribution in [0.25, 0.3) is 0 Å². The van der Waals surface area contributed by atoms with E-state index < -0.39 is 0 Å². The van der Waals surface area contributed by atoms with Gasteiger partial charge in [0.25, 0.3) is 6.92 Å². The van der Waals surface area contributed by atoms with Gasteiger partial charge in [-0.05, 0) is 24.5 Å². The zero-order valence-electron chi connectivity index (χ0n) is 10.4. The van der Waals surface area contributed by atoms with E-state index in [1.165, 1.54) is 51.4 Å². The van der Waals surface area contributed by atoms with Gasteiger partial charge < -0.3 is 4.65 Å². The molecule has 86 valence electrons. The van der Waals surface area contributed by atoms with Crippen LogP contribution in [0, 0.1) is 0 Å². The van der Waals surface area contributed by atoms with Crippen molar-refractivity contribution in [1.29, 1.82) is 0 Å². The van der Waals surface area contributed by atoms with Crippen molar-refractivity contribution < 1.29 is 4.65 Å². The summed E-state index contributed by atoms with van der Waals surface area (Å²) in [6.07, 6.45) is 11.5. The Balaban J connectivity index is 1.94. The summed E-state index contributed by atoms with van der Waals surface area (Å²) in [6, 6.07) is 0. The van der Waals surface area contributed by atoms with Crippen molar-refractivity contribution in [2.75, 3.05) is 0 Å². The molecule has 2 heterocycles. The second-order valence-electron chi connectivity index (χ2n) is 5.42. The summed E-state index contributed by atoms with van der Waals surface area (Å²) < 4.78 is 6.36. The lowest BCUT2D eigenvalue weighted by Crippen LogP contribution is -2.39. The topological polar surface area (TPSA) is 9.23 Å². The van der Waals surface area contributed by atoms with E-state index in [4.69, 9.17) is 4.65 Å². The molecule has 2 aliphatic rings. The number of rotatable bonds is 4. The van der Waals surface area contributed by atoms with Crippen LogP contribution in [0.3, 0.4) is 0 Å². The molecule has 15 heavy (non-hydrogen) atoms. The summed E-state index contributed by atoms with van der Waals surface area (Å²) in [5, 5.41) is 0. The van der Waals surface area contributed by atoms with E-state index >= 15 is 0 Å². The standard InChI is InChI=1S/C13H25BO/c1-3-13(4-2)15-14-11-7-5-8-12(14)10-6-9-11/h11-13H,3-10H2,1-2H3. The first-order valence-corrected chi connectivity index (χ1v) is 7.00. The second kappa shape index (κ2) is 5.38. The molecule has 1 nitrogen and oxygen atoms in total. The lowest BCUT2D eigenvalue weighted by Gasteiger charge is -2.41. The molecule has 0 atom stereocenters. The Morgan fingerprint density at radius 1 is 1.00 bits per heavy atom. The summed E-state index contributed by atoms with van der Waals surface area (Å²) in [7, 11) is 0. The van der Waals surface area contributed by atoms with Crippen LogP contribution in [0.4, 0.5) is 0 Å². The summed E-state index contributed by atoms with van der Waals surface area (Å²) >= 11 is 0. The Hall–Kier alpha value is 0.0249. The van der Waals surface area contributed by atoms with Crippen molar-refractivity contribution in [2.45, 2.75) is 83.0 Å². The van der Waals surface area contributed by atoms with Crippen molar-refractivity contribution in [3.05, 3.63) is 0 Å². The van der Waals surface area contributed by atoms with Crippen molar-refractivity contribution in [1.82, 2.24) is 0 Å². The van der Waals surface area contributed by atoms with Gasteiger partial charge in [0.15, 0.2) is 0 Å². The van der Waals surface area contributed by atoms with Gasteiger partial charge in [-0.3, -0.25) is 0 Å². The molecule has 0 saturated carbocycles. The highest BCUT2D eigenvalue weighted by molar-refractivity contribution is 6.56. The van der Waals surface area contributed by atoms with E-state index in [1.807, 2.05) is 0 Å². The van der Waals surface area contributed by atoms with Crippen LogP contribution in [0.1, 0.15) is 65.2 Å². The minimum absolute atomic E-state index is 0.524. The maximum absolute atomic E-state index is 6.36. The largest absolute Gasteiger partial charge is 0.433 e. The normalized spacial score (nSPS) is 31.0. The zero-order chi connectivity index (χ0) is 10.7. The van der Waals surface area contributed by atoms with E-state index in [0.29, 0.717) is 13.0 Å². The molecule has 0 radical (unpaired) electrons. The molecular formula is C13H25BO. The zero-order valence-corrected chi connectivity index (χ0v) is 10.4. The van der Waals surface area contributed by atoms with E-state index in [0.717, 1.165) is 11.6 Å². The molecule has 0 spiro atoms. The highest BCUT2D eigenvalue weighted by Gasteiger charge is 2.41. The first-order chi connectivity index (χ1) is 7.35. The van der Waals surface area contributed by atoms with Gasteiger partial charge >= 0.3 is 0 Å². The smallest absolute Gasteiger partial charge is 0.299 e. The Morgan fingerprint density at radius 2 is 1.47 bits per heavy atom. The lowest BCUT2D eigenvalue weighted by molar-refractivity contribution is 0.168. The molecule has 0 aliphatic carbocycles. The molecule has 0 aromatic heterocycles. The lowest BCUT2D eigenvalue weighted by atomic mass is 9.38. The van der Waals surface area contributed by atoms with Crippen LogP contribution in [-0.2, 0) is 4.65 Å². The highest BCUT2D eigenvalue weighted by Crippen LogP contribution is 2.47. The van der Waals surface area contributed by atoms with Gasteiger partial charge in [0.05, 0.1) is 0 Å². The van der Waals surface area contributed by atoms with Gasteiger partial charge in [0.2, 0.25) is 0 Å². The van der Waals surface area contributed by atoms with Crippen LogP contribution in [0.5, 0.6) is 0 Å². The maximum Gasteiger partial charge on any atom is 0.299 e. The minimum Gasteiger partial charge on any atom is -0.433 e. The third kappa shape index (κ3) is 2.58. The fourth-order valence-corrected chi connectivity index (χ4v) is 3.54. The summed E-state index contributed by atoms with van der Waals surface area (Å²) in [4.78, 5) is 0. The Kier molecular flexibility index (Phi) is 4.13. The Labute approximate surface area is 95.1 Å². The first kappa shape index (κ1) is 11.5. The van der Waals surface area contributed by atoms with Crippen LogP contribution in [0.2, 0.25) is 11.6 Å². The van der Waals surface area contributed by atoms with E-state index in [2.05, 4.69) is 13.8 Å². The molecule has 2 rings (SSSR count). The van der Waals surface area contributed by atoms with Crippen LogP contribution in [-0.4, -0.2) is 13.0 Å². The van der Waals surface area contributed by atoms with Crippen molar-refractivity contribution in [2.24, 2.45) is 0 Å². The Bertz CT molecular complexity index is 169. The van der Waals surface area contributed by atoms with Crippen LogP contribution in [0.15, 0.2) is 0 Å². The molecule has 0 amide bonds. The second-order valence-corrected chi connectivity index (χ2v) is 5.42. The first-order valence-electron chi connectivity index (χ1n) is 7.00. The third-order valence-electron chi connectivity index (χ3n) is 4.49. The summed E-state index contributed by atoms with van der Waals surface area (Å²) in [5.74, 6) is 1.80. The summed E-state index contributed by atoms with van der Waals surface area (Å²) in [5.41, 5.74) is 0. The molecule has 2 fully saturated rings. The fraction of sp³-hybridized carbons (Fsp3) is 1.00. The molecule has 0 aromatic carbocycles. The fourth-order valence-electron chi connectivity index (χ4n) is 3.54. The highest BCUT2D eigenvalue weighted by atomic mass is 16.4.